The molecule has 4 atom stereocenters. The molecule has 0 bridgehead atoms. The third-order valence-electron chi connectivity index (χ3n) is 19.7. The van der Waals surface area contributed by atoms with Crippen molar-refractivity contribution in [2.45, 2.75) is 24.0 Å². The van der Waals surface area contributed by atoms with Gasteiger partial charge in [0.05, 0.1) is 22.4 Å². The molecule has 472 valence electrons. The van der Waals surface area contributed by atoms with Crippen LogP contribution in [0.3, 0.4) is 0 Å². The second kappa shape index (κ2) is 24.5. The molecule has 10 nitrogen and oxygen atoms in total. The standard InChI is InChI=1S/C51H34N4O.C39H26N4O/c1-4-13-33(14-5-1)35-23-25-38(26-24-35)50-52-49(37-17-8-3-9-18-37)53-51(54-50)42-20-12-22-45-46(42)41-31-32-44-47(48(41)56-45)40-19-10-11-21-43(40)55(44)39-29-27-36(28-30-39)34-15-6-2-7-16-34;1-4-13-25(14-5-1)37-40-38(26-15-6-2-7-16-26)42-39(41-37)30-20-12-22-33-34(30)29-23-24-32-35(36(29)44-33)28-19-10-11-21-31(28)43(32)27-17-8-3-9-18-27/h1-32,41,48H;1-24,29,36H. The van der Waals surface area contributed by atoms with Crippen LogP contribution in [0, 0.1) is 0 Å². The normalized spacial score (nSPS) is 15.7. The van der Waals surface area contributed by atoms with Crippen LogP contribution in [-0.2, 0) is 0 Å². The maximum Gasteiger partial charge on any atom is 0.164 e. The maximum absolute atomic E-state index is 6.98. The predicted octanol–water partition coefficient (Wildman–Crippen LogP) is 21.5. The van der Waals surface area contributed by atoms with E-state index in [1.165, 1.54) is 44.1 Å². The van der Waals surface area contributed by atoms with E-state index in [1.807, 2.05) is 109 Å². The Morgan fingerprint density at radius 1 is 0.240 bits per heavy atom. The monoisotopic (exact) mass is 1280 g/mol. The smallest absolute Gasteiger partial charge is 0.164 e. The van der Waals surface area contributed by atoms with Crippen LogP contribution in [0.4, 0.5) is 0 Å². The van der Waals surface area contributed by atoms with Gasteiger partial charge < -0.3 is 18.6 Å². The zero-order chi connectivity index (χ0) is 66.0. The van der Waals surface area contributed by atoms with Gasteiger partial charge in [0.25, 0.3) is 0 Å². The van der Waals surface area contributed by atoms with Gasteiger partial charge in [-0.25, -0.2) is 29.9 Å². The number of hydrogen-bond donors (Lipinski definition) is 0. The number of rotatable bonds is 10. The lowest BCUT2D eigenvalue weighted by Crippen LogP contribution is -2.14. The van der Waals surface area contributed by atoms with Crippen molar-refractivity contribution < 1.29 is 9.47 Å². The molecule has 0 N–H and O–H groups in total. The topological polar surface area (TPSA) is 106 Å². The van der Waals surface area contributed by atoms with E-state index in [0.717, 1.165) is 89.8 Å². The minimum atomic E-state index is -0.207. The van der Waals surface area contributed by atoms with E-state index >= 15 is 0 Å². The predicted molar refractivity (Wildman–Crippen MR) is 400 cm³/mol. The van der Waals surface area contributed by atoms with Crippen LogP contribution in [0.15, 0.2) is 328 Å². The molecule has 6 heterocycles. The Morgan fingerprint density at radius 2 is 0.540 bits per heavy atom. The molecule has 4 aliphatic rings. The van der Waals surface area contributed by atoms with Crippen LogP contribution in [-0.4, -0.2) is 39.0 Å². The summed E-state index contributed by atoms with van der Waals surface area (Å²) in [7, 11) is 0. The van der Waals surface area contributed by atoms with E-state index in [1.54, 1.807) is 0 Å². The Labute approximate surface area is 577 Å². The van der Waals surface area contributed by atoms with E-state index in [2.05, 4.69) is 240 Å². The minimum Gasteiger partial charge on any atom is -0.484 e. The lowest BCUT2D eigenvalue weighted by molar-refractivity contribution is 0.224. The Balaban J connectivity index is 0.000000143. The third kappa shape index (κ3) is 10.1. The Hall–Kier alpha value is -13.2. The number of hydrogen-bond acceptors (Lipinski definition) is 8. The van der Waals surface area contributed by atoms with Crippen LogP contribution in [0.5, 0.6) is 11.5 Å². The van der Waals surface area contributed by atoms with Crippen molar-refractivity contribution >= 4 is 34.0 Å². The van der Waals surface area contributed by atoms with Gasteiger partial charge in [0.15, 0.2) is 34.9 Å². The summed E-state index contributed by atoms with van der Waals surface area (Å²) in [6, 6.07) is 109. The zero-order valence-electron chi connectivity index (χ0n) is 54.0. The van der Waals surface area contributed by atoms with Gasteiger partial charge in [-0.15, -0.1) is 0 Å². The summed E-state index contributed by atoms with van der Waals surface area (Å²) in [5.41, 5.74) is 21.9. The summed E-state index contributed by atoms with van der Waals surface area (Å²) in [5.74, 6) is 5.54. The molecule has 20 rings (SSSR count). The van der Waals surface area contributed by atoms with E-state index in [-0.39, 0.29) is 24.0 Å². The van der Waals surface area contributed by atoms with E-state index in [0.29, 0.717) is 34.9 Å². The molecule has 4 aromatic heterocycles. The highest BCUT2D eigenvalue weighted by Gasteiger charge is 2.44. The molecule has 10 heteroatoms. The molecule has 4 unspecified atom stereocenters. The Kier molecular flexibility index (Phi) is 14.2. The van der Waals surface area contributed by atoms with E-state index in [4.69, 9.17) is 39.4 Å². The van der Waals surface area contributed by atoms with Gasteiger partial charge >= 0.3 is 0 Å². The fraction of sp³-hybridized carbons (Fsp3) is 0.0444. The number of ether oxygens (including phenoxy) is 2. The van der Waals surface area contributed by atoms with Gasteiger partial charge in [0.1, 0.15) is 23.7 Å². The van der Waals surface area contributed by atoms with Crippen molar-refractivity contribution in [3.8, 4) is 113 Å². The molecule has 12 aromatic carbocycles. The third-order valence-corrected chi connectivity index (χ3v) is 19.7. The van der Waals surface area contributed by atoms with Crippen LogP contribution in [0.25, 0.3) is 136 Å². The molecule has 100 heavy (non-hydrogen) atoms. The first-order chi connectivity index (χ1) is 49.6. The fourth-order valence-electron chi connectivity index (χ4n) is 15.1. The second-order valence-electron chi connectivity index (χ2n) is 25.5. The van der Waals surface area contributed by atoms with Gasteiger partial charge in [-0.2, -0.15) is 0 Å². The van der Waals surface area contributed by atoms with Crippen molar-refractivity contribution in [3.63, 3.8) is 0 Å². The molecule has 2 aliphatic carbocycles. The van der Waals surface area contributed by atoms with E-state index < -0.39 is 0 Å². The quantitative estimate of drug-likeness (QED) is 0.133. The first-order valence-electron chi connectivity index (χ1n) is 33.9. The largest absolute Gasteiger partial charge is 0.484 e. The lowest BCUT2D eigenvalue weighted by Gasteiger charge is -2.23. The van der Waals surface area contributed by atoms with Gasteiger partial charge in [-0.1, -0.05) is 279 Å². The SMILES string of the molecule is C1=CC2c3c(cccc3-c3nc(-c4ccccc4)nc(-c4ccc(-c5ccccc5)cc4)n3)OC2c2c1n(-c1ccc(-c3ccccc3)cc1)c1ccccc21.C1=CC2c3c(cccc3-c3nc(-c4ccccc4)nc(-c4ccccc4)n3)OC2c2c1n(-c1ccccc1)c1ccccc21. The average molecular weight is 1290 g/mol. The lowest BCUT2D eigenvalue weighted by atomic mass is 9.83. The van der Waals surface area contributed by atoms with Crippen molar-refractivity contribution in [3.05, 3.63) is 361 Å². The molecule has 0 saturated carbocycles. The van der Waals surface area contributed by atoms with Crippen molar-refractivity contribution in [2.24, 2.45) is 0 Å². The highest BCUT2D eigenvalue weighted by atomic mass is 16.5. The molecule has 0 fully saturated rings. The van der Waals surface area contributed by atoms with Crippen molar-refractivity contribution in [2.75, 3.05) is 0 Å². The number of fused-ring (bicyclic) bond motifs is 14. The molecule has 0 amide bonds. The summed E-state index contributed by atoms with van der Waals surface area (Å²) in [5, 5.41) is 2.40. The molecule has 0 saturated heterocycles. The summed E-state index contributed by atoms with van der Waals surface area (Å²) in [4.78, 5) is 30.3. The Morgan fingerprint density at radius 3 is 0.940 bits per heavy atom. The number of para-hydroxylation sites is 3. The summed E-state index contributed by atoms with van der Waals surface area (Å²) >= 11 is 0. The average Bonchev–Trinajstić information content (AvgIpc) is 1.56. The molecule has 0 radical (unpaired) electrons. The van der Waals surface area contributed by atoms with Crippen LogP contribution >= 0.6 is 0 Å². The summed E-state index contributed by atoms with van der Waals surface area (Å²) in [6.07, 6.45) is 8.76. The maximum atomic E-state index is 6.98. The van der Waals surface area contributed by atoms with Crippen molar-refractivity contribution in [1.82, 2.24) is 39.0 Å². The molecule has 16 aromatic rings. The number of aromatic nitrogens is 8. The zero-order valence-corrected chi connectivity index (χ0v) is 54.0. The number of nitrogens with zero attached hydrogens (tertiary/aromatic N) is 8. The van der Waals surface area contributed by atoms with Gasteiger partial charge in [0, 0.05) is 89.6 Å². The van der Waals surface area contributed by atoms with Gasteiger partial charge in [0.2, 0.25) is 0 Å². The van der Waals surface area contributed by atoms with Crippen LogP contribution < -0.4 is 9.47 Å². The van der Waals surface area contributed by atoms with Crippen LogP contribution in [0.2, 0.25) is 0 Å². The minimum absolute atomic E-state index is 0.0147. The molecular weight excluding hydrogens is 1230 g/mol. The summed E-state index contributed by atoms with van der Waals surface area (Å²) in [6.45, 7) is 0. The Bertz CT molecular complexity index is 5780. The molecule has 2 aliphatic heterocycles. The fourth-order valence-corrected chi connectivity index (χ4v) is 15.1. The van der Waals surface area contributed by atoms with Crippen molar-refractivity contribution in [1.29, 1.82) is 0 Å². The number of benzene rings is 12. The second-order valence-corrected chi connectivity index (χ2v) is 25.5. The first-order valence-corrected chi connectivity index (χ1v) is 33.9. The molecular formula is C90H60N8O2. The van der Waals surface area contributed by atoms with E-state index in [9.17, 15) is 0 Å². The van der Waals surface area contributed by atoms with Gasteiger partial charge in [-0.3, -0.25) is 0 Å². The van der Waals surface area contributed by atoms with Crippen LogP contribution in [0.1, 0.15) is 57.7 Å². The highest BCUT2D eigenvalue weighted by Crippen LogP contribution is 2.57. The highest BCUT2D eigenvalue weighted by molar-refractivity contribution is 5.94. The van der Waals surface area contributed by atoms with Gasteiger partial charge in [-0.05, 0) is 82.9 Å². The first kappa shape index (κ1) is 58.2. The molecule has 0 spiro atoms. The summed E-state index contributed by atoms with van der Waals surface area (Å²) < 4.78 is 18.5.